The standard InChI is InChI=1S/C41H75NO5S/c1-3-5-7-9-11-13-15-17-18-19-20-21-22-23-25-26-28-30-32-34-36-40(43)39(38-48(45,46)47)42-41(44)37-35-33-31-29-27-24-16-14-12-10-8-6-4-2/h14,16,21-22,26,28,34,36,39-40,43H,3-13,15,17-20,23-25,27,29-33,35,37-38H2,1-2H3,(H,42,44)(H,45,46,47)/b16-14-,22-21+,28-26+,36-34+. The topological polar surface area (TPSA) is 104 Å². The van der Waals surface area contributed by atoms with Crippen molar-refractivity contribution < 1.29 is 22.9 Å². The monoisotopic (exact) mass is 694 g/mol. The van der Waals surface area contributed by atoms with Gasteiger partial charge in [0.25, 0.3) is 10.1 Å². The minimum atomic E-state index is -4.36. The minimum absolute atomic E-state index is 0.273. The predicted molar refractivity (Wildman–Crippen MR) is 207 cm³/mol. The predicted octanol–water partition coefficient (Wildman–Crippen LogP) is 11.5. The van der Waals surface area contributed by atoms with Crippen LogP contribution in [0.25, 0.3) is 0 Å². The summed E-state index contributed by atoms with van der Waals surface area (Å²) in [6.45, 7) is 4.50. The molecule has 0 saturated carbocycles. The summed E-state index contributed by atoms with van der Waals surface area (Å²) in [4.78, 5) is 12.5. The van der Waals surface area contributed by atoms with Crippen molar-refractivity contribution in [2.45, 2.75) is 199 Å². The van der Waals surface area contributed by atoms with Crippen LogP contribution in [0, 0.1) is 0 Å². The zero-order valence-corrected chi connectivity index (χ0v) is 31.9. The van der Waals surface area contributed by atoms with Crippen molar-refractivity contribution >= 4 is 16.0 Å². The zero-order chi connectivity index (χ0) is 35.4. The van der Waals surface area contributed by atoms with Gasteiger partial charge in [0, 0.05) is 6.42 Å². The summed E-state index contributed by atoms with van der Waals surface area (Å²) in [6.07, 6.45) is 46.7. The summed E-state index contributed by atoms with van der Waals surface area (Å²) in [5.74, 6) is -1.02. The fraction of sp³-hybridized carbons (Fsp3) is 0.780. The normalized spacial score (nSPS) is 13.8. The van der Waals surface area contributed by atoms with Gasteiger partial charge in [-0.25, -0.2) is 0 Å². The van der Waals surface area contributed by atoms with Crippen LogP contribution in [-0.4, -0.2) is 41.9 Å². The van der Waals surface area contributed by atoms with E-state index in [-0.39, 0.29) is 12.3 Å². The highest BCUT2D eigenvalue weighted by Gasteiger charge is 2.24. The van der Waals surface area contributed by atoms with E-state index in [9.17, 15) is 22.9 Å². The number of amides is 1. The number of aliphatic hydroxyl groups is 1. The van der Waals surface area contributed by atoms with Crippen LogP contribution in [0.5, 0.6) is 0 Å². The lowest BCUT2D eigenvalue weighted by Crippen LogP contribution is -2.46. The Balaban J connectivity index is 4.03. The number of carbonyl (C=O) groups is 1. The number of allylic oxidation sites excluding steroid dienone is 7. The molecule has 0 saturated heterocycles. The maximum atomic E-state index is 12.5. The lowest BCUT2D eigenvalue weighted by molar-refractivity contribution is -0.122. The minimum Gasteiger partial charge on any atom is -0.387 e. The summed E-state index contributed by atoms with van der Waals surface area (Å²) >= 11 is 0. The lowest BCUT2D eigenvalue weighted by Gasteiger charge is -2.21. The Hall–Kier alpha value is -1.70. The molecular formula is C41H75NO5S. The van der Waals surface area contributed by atoms with E-state index in [0.29, 0.717) is 12.8 Å². The van der Waals surface area contributed by atoms with E-state index in [2.05, 4.69) is 55.6 Å². The Kier molecular flexibility index (Phi) is 33.9. The van der Waals surface area contributed by atoms with Crippen LogP contribution in [-0.2, 0) is 14.9 Å². The Bertz CT molecular complexity index is 940. The smallest absolute Gasteiger partial charge is 0.267 e. The van der Waals surface area contributed by atoms with Gasteiger partial charge in [-0.3, -0.25) is 9.35 Å². The van der Waals surface area contributed by atoms with E-state index in [0.717, 1.165) is 51.4 Å². The summed E-state index contributed by atoms with van der Waals surface area (Å²) in [7, 11) is -4.36. The van der Waals surface area contributed by atoms with Crippen LogP contribution in [0.15, 0.2) is 48.6 Å². The molecule has 0 aliphatic carbocycles. The second-order valence-electron chi connectivity index (χ2n) is 13.5. The van der Waals surface area contributed by atoms with Gasteiger partial charge >= 0.3 is 0 Å². The Labute approximate surface area is 297 Å². The van der Waals surface area contributed by atoms with Gasteiger partial charge in [0.05, 0.1) is 17.9 Å². The van der Waals surface area contributed by atoms with E-state index < -0.39 is 28.0 Å². The molecule has 0 aliphatic rings. The average Bonchev–Trinajstić information content (AvgIpc) is 3.05. The number of rotatable bonds is 35. The quantitative estimate of drug-likeness (QED) is 0.0348. The molecule has 2 atom stereocenters. The molecule has 0 bridgehead atoms. The van der Waals surface area contributed by atoms with Crippen molar-refractivity contribution in [3.8, 4) is 0 Å². The number of nitrogens with one attached hydrogen (secondary N) is 1. The van der Waals surface area contributed by atoms with Crippen LogP contribution in [0.4, 0.5) is 0 Å². The van der Waals surface area contributed by atoms with Crippen LogP contribution < -0.4 is 5.32 Å². The maximum absolute atomic E-state index is 12.5. The van der Waals surface area contributed by atoms with Crippen molar-refractivity contribution in [2.24, 2.45) is 0 Å². The molecule has 0 aliphatic heterocycles. The highest BCUT2D eigenvalue weighted by atomic mass is 32.2. The van der Waals surface area contributed by atoms with Gasteiger partial charge in [-0.2, -0.15) is 8.42 Å². The number of hydrogen-bond acceptors (Lipinski definition) is 4. The molecule has 280 valence electrons. The number of aliphatic hydroxyl groups excluding tert-OH is 1. The van der Waals surface area contributed by atoms with Crippen LogP contribution in [0.1, 0.15) is 187 Å². The summed E-state index contributed by atoms with van der Waals surface area (Å²) in [5.41, 5.74) is 0. The molecule has 3 N–H and O–H groups in total. The Morgan fingerprint density at radius 2 is 0.896 bits per heavy atom. The number of carbonyl (C=O) groups excluding carboxylic acids is 1. The summed E-state index contributed by atoms with van der Waals surface area (Å²) < 4.78 is 32.4. The molecule has 0 radical (unpaired) electrons. The Morgan fingerprint density at radius 3 is 1.33 bits per heavy atom. The van der Waals surface area contributed by atoms with Gasteiger partial charge in [-0.1, -0.05) is 159 Å². The fourth-order valence-corrected chi connectivity index (χ4v) is 6.44. The third kappa shape index (κ3) is 35.6. The first kappa shape index (κ1) is 46.3. The number of hydrogen-bond donors (Lipinski definition) is 3. The van der Waals surface area contributed by atoms with Crippen molar-refractivity contribution in [1.29, 1.82) is 0 Å². The molecule has 1 amide bonds. The summed E-state index contributed by atoms with van der Waals surface area (Å²) in [6, 6.07) is -1.08. The van der Waals surface area contributed by atoms with Gasteiger partial charge < -0.3 is 10.4 Å². The van der Waals surface area contributed by atoms with Crippen molar-refractivity contribution in [1.82, 2.24) is 5.32 Å². The van der Waals surface area contributed by atoms with E-state index >= 15 is 0 Å². The van der Waals surface area contributed by atoms with Gasteiger partial charge in [0.2, 0.25) is 5.91 Å². The van der Waals surface area contributed by atoms with Gasteiger partial charge in [0.1, 0.15) is 0 Å². The molecule has 0 aromatic heterocycles. The Morgan fingerprint density at radius 1 is 0.542 bits per heavy atom. The highest BCUT2D eigenvalue weighted by Crippen LogP contribution is 2.12. The van der Waals surface area contributed by atoms with Gasteiger partial charge in [-0.05, 0) is 70.6 Å². The molecule has 0 fully saturated rings. The van der Waals surface area contributed by atoms with Crippen molar-refractivity contribution in [3.05, 3.63) is 48.6 Å². The second kappa shape index (κ2) is 35.1. The van der Waals surface area contributed by atoms with E-state index in [1.165, 1.54) is 109 Å². The molecule has 6 nitrogen and oxygen atoms in total. The third-order valence-corrected chi connectivity index (χ3v) is 9.49. The fourth-order valence-electron chi connectivity index (χ4n) is 5.71. The first-order chi connectivity index (χ1) is 23.3. The van der Waals surface area contributed by atoms with Crippen LogP contribution >= 0.6 is 0 Å². The van der Waals surface area contributed by atoms with Crippen molar-refractivity contribution in [3.63, 3.8) is 0 Å². The largest absolute Gasteiger partial charge is 0.387 e. The molecule has 2 unspecified atom stereocenters. The first-order valence-electron chi connectivity index (χ1n) is 19.8. The van der Waals surface area contributed by atoms with Crippen LogP contribution in [0.2, 0.25) is 0 Å². The molecule has 0 heterocycles. The average molecular weight is 694 g/mol. The molecule has 0 aromatic carbocycles. The molecular weight excluding hydrogens is 619 g/mol. The van der Waals surface area contributed by atoms with Crippen LogP contribution in [0.3, 0.4) is 0 Å². The van der Waals surface area contributed by atoms with Gasteiger partial charge in [-0.15, -0.1) is 0 Å². The lowest BCUT2D eigenvalue weighted by atomic mass is 10.1. The molecule has 7 heteroatoms. The SMILES string of the molecule is CCCCCC/C=C\CCCCCCCC(=O)NC(CS(=O)(=O)O)C(O)/C=C/CC/C=C/CC/C=C/CCCCCCCCCCCC. The van der Waals surface area contributed by atoms with E-state index in [4.69, 9.17) is 0 Å². The van der Waals surface area contributed by atoms with E-state index in [1.54, 1.807) is 6.08 Å². The molecule has 48 heavy (non-hydrogen) atoms. The third-order valence-electron chi connectivity index (χ3n) is 8.71. The van der Waals surface area contributed by atoms with Gasteiger partial charge in [0.15, 0.2) is 0 Å². The second-order valence-corrected chi connectivity index (χ2v) is 15.0. The molecule has 0 rings (SSSR count). The highest BCUT2D eigenvalue weighted by molar-refractivity contribution is 7.85. The first-order valence-corrected chi connectivity index (χ1v) is 21.4. The van der Waals surface area contributed by atoms with Crippen molar-refractivity contribution in [2.75, 3.05) is 5.75 Å². The number of unbranched alkanes of at least 4 members (excludes halogenated alkanes) is 21. The van der Waals surface area contributed by atoms with E-state index in [1.807, 2.05) is 0 Å². The molecule has 0 spiro atoms. The summed E-state index contributed by atoms with van der Waals surface area (Å²) in [5, 5.41) is 13.2. The maximum Gasteiger partial charge on any atom is 0.267 e. The molecule has 0 aromatic rings. The zero-order valence-electron chi connectivity index (χ0n) is 31.1.